The third-order valence-corrected chi connectivity index (χ3v) is 3.00. The van der Waals surface area contributed by atoms with E-state index in [1.165, 1.54) is 5.56 Å². The van der Waals surface area contributed by atoms with Crippen LogP contribution in [-0.2, 0) is 14.9 Å². The highest BCUT2D eigenvalue weighted by atomic mass is 16.5. The van der Waals surface area contributed by atoms with Crippen molar-refractivity contribution >= 4 is 0 Å². The Labute approximate surface area is 124 Å². The SMILES string of the molecule is C.COCC(CC#Cc1ccc(C(C)(C)C)cc1)OC. The Morgan fingerprint density at radius 1 is 1.10 bits per heavy atom. The summed E-state index contributed by atoms with van der Waals surface area (Å²) in [6, 6.07) is 8.44. The van der Waals surface area contributed by atoms with Crippen LogP contribution >= 0.6 is 0 Å². The molecule has 1 unspecified atom stereocenters. The van der Waals surface area contributed by atoms with Crippen LogP contribution in [0.5, 0.6) is 0 Å². The van der Waals surface area contributed by atoms with Gasteiger partial charge in [-0.3, -0.25) is 0 Å². The maximum absolute atomic E-state index is 5.26. The number of hydrogen-bond acceptors (Lipinski definition) is 2. The van der Waals surface area contributed by atoms with Gasteiger partial charge in [0.2, 0.25) is 0 Å². The largest absolute Gasteiger partial charge is 0.382 e. The van der Waals surface area contributed by atoms with Gasteiger partial charge in [0, 0.05) is 26.2 Å². The Kier molecular flexibility index (Phi) is 8.22. The molecule has 0 amide bonds. The van der Waals surface area contributed by atoms with Crippen LogP contribution in [0, 0.1) is 11.8 Å². The molecule has 0 fully saturated rings. The first-order valence-electron chi connectivity index (χ1n) is 6.58. The monoisotopic (exact) mass is 276 g/mol. The molecule has 1 atom stereocenters. The molecule has 1 aromatic carbocycles. The lowest BCUT2D eigenvalue weighted by Crippen LogP contribution is -2.16. The Bertz CT molecular complexity index is 429. The summed E-state index contributed by atoms with van der Waals surface area (Å²) in [5.74, 6) is 6.30. The predicted molar refractivity (Wildman–Crippen MR) is 86.0 cm³/mol. The quantitative estimate of drug-likeness (QED) is 0.773. The first-order valence-corrected chi connectivity index (χ1v) is 6.58. The van der Waals surface area contributed by atoms with Crippen LogP contribution < -0.4 is 0 Å². The molecule has 0 heterocycles. The number of benzene rings is 1. The van der Waals surface area contributed by atoms with Gasteiger partial charge in [0.25, 0.3) is 0 Å². The minimum absolute atomic E-state index is 0. The van der Waals surface area contributed by atoms with Crippen molar-refractivity contribution in [3.05, 3.63) is 35.4 Å². The van der Waals surface area contributed by atoms with E-state index in [4.69, 9.17) is 9.47 Å². The van der Waals surface area contributed by atoms with Crippen molar-refractivity contribution in [2.45, 2.75) is 46.1 Å². The van der Waals surface area contributed by atoms with Crippen molar-refractivity contribution in [1.29, 1.82) is 0 Å². The highest BCUT2D eigenvalue weighted by Crippen LogP contribution is 2.21. The highest BCUT2D eigenvalue weighted by molar-refractivity contribution is 5.37. The minimum Gasteiger partial charge on any atom is -0.382 e. The topological polar surface area (TPSA) is 18.5 Å². The first kappa shape index (κ1) is 18.7. The van der Waals surface area contributed by atoms with Gasteiger partial charge >= 0.3 is 0 Å². The fraction of sp³-hybridized carbons (Fsp3) is 0.556. The summed E-state index contributed by atoms with van der Waals surface area (Å²) in [5, 5.41) is 0. The summed E-state index contributed by atoms with van der Waals surface area (Å²) in [7, 11) is 3.36. The second-order valence-corrected chi connectivity index (χ2v) is 5.65. The maximum atomic E-state index is 5.26. The molecular weight excluding hydrogens is 248 g/mol. The number of methoxy groups -OCH3 is 2. The second-order valence-electron chi connectivity index (χ2n) is 5.65. The van der Waals surface area contributed by atoms with Gasteiger partial charge in [-0.2, -0.15) is 0 Å². The highest BCUT2D eigenvalue weighted by Gasteiger charge is 2.12. The van der Waals surface area contributed by atoms with E-state index >= 15 is 0 Å². The zero-order valence-electron chi connectivity index (χ0n) is 12.6. The molecule has 0 aliphatic carbocycles. The third-order valence-electron chi connectivity index (χ3n) is 3.00. The molecule has 112 valence electrons. The van der Waals surface area contributed by atoms with Crippen LogP contribution in [0.1, 0.15) is 45.7 Å². The number of ether oxygens (including phenoxy) is 2. The van der Waals surface area contributed by atoms with E-state index in [1.54, 1.807) is 14.2 Å². The normalized spacial score (nSPS) is 12.1. The smallest absolute Gasteiger partial charge is 0.0913 e. The number of rotatable bonds is 4. The van der Waals surface area contributed by atoms with Gasteiger partial charge in [-0.1, -0.05) is 52.2 Å². The van der Waals surface area contributed by atoms with E-state index in [0.717, 1.165) is 5.56 Å². The van der Waals surface area contributed by atoms with Gasteiger partial charge < -0.3 is 9.47 Å². The Hall–Kier alpha value is -1.30. The molecular formula is C18H28O2. The van der Waals surface area contributed by atoms with E-state index in [2.05, 4.69) is 56.9 Å². The van der Waals surface area contributed by atoms with E-state index in [0.29, 0.717) is 13.0 Å². The molecule has 0 saturated carbocycles. The Morgan fingerprint density at radius 2 is 1.70 bits per heavy atom. The van der Waals surface area contributed by atoms with Crippen LogP contribution in [0.15, 0.2) is 24.3 Å². The maximum Gasteiger partial charge on any atom is 0.0913 e. The minimum atomic E-state index is 0. The molecule has 0 aliphatic rings. The van der Waals surface area contributed by atoms with E-state index in [9.17, 15) is 0 Å². The molecule has 0 saturated heterocycles. The van der Waals surface area contributed by atoms with E-state index < -0.39 is 0 Å². The van der Waals surface area contributed by atoms with Gasteiger partial charge in [0.1, 0.15) is 0 Å². The van der Waals surface area contributed by atoms with E-state index in [-0.39, 0.29) is 18.9 Å². The molecule has 2 heteroatoms. The molecule has 0 spiro atoms. The zero-order chi connectivity index (χ0) is 14.3. The van der Waals surface area contributed by atoms with Gasteiger partial charge in [-0.25, -0.2) is 0 Å². The zero-order valence-corrected chi connectivity index (χ0v) is 12.6. The summed E-state index contributed by atoms with van der Waals surface area (Å²) < 4.78 is 10.3. The molecule has 0 radical (unpaired) electrons. The van der Waals surface area contributed by atoms with Crippen molar-refractivity contribution in [3.63, 3.8) is 0 Å². The van der Waals surface area contributed by atoms with Gasteiger partial charge in [0.05, 0.1) is 12.7 Å². The van der Waals surface area contributed by atoms with E-state index in [1.807, 2.05) is 0 Å². The fourth-order valence-electron chi connectivity index (χ4n) is 1.72. The summed E-state index contributed by atoms with van der Waals surface area (Å²) in [6.45, 7) is 7.21. The lowest BCUT2D eigenvalue weighted by molar-refractivity contribution is 0.0318. The summed E-state index contributed by atoms with van der Waals surface area (Å²) in [6.07, 6.45) is 0.733. The van der Waals surface area contributed by atoms with Crippen molar-refractivity contribution in [2.75, 3.05) is 20.8 Å². The van der Waals surface area contributed by atoms with Crippen LogP contribution in [0.25, 0.3) is 0 Å². The molecule has 1 rings (SSSR count). The van der Waals surface area contributed by atoms with Crippen LogP contribution in [0.2, 0.25) is 0 Å². The second kappa shape index (κ2) is 8.79. The van der Waals surface area contributed by atoms with Gasteiger partial charge in [0.15, 0.2) is 0 Å². The summed E-state index contributed by atoms with van der Waals surface area (Å²) in [4.78, 5) is 0. The van der Waals surface area contributed by atoms with Crippen molar-refractivity contribution in [3.8, 4) is 11.8 Å². The fourth-order valence-corrected chi connectivity index (χ4v) is 1.72. The molecule has 2 nitrogen and oxygen atoms in total. The molecule has 0 bridgehead atoms. The lowest BCUT2D eigenvalue weighted by atomic mass is 9.87. The van der Waals surface area contributed by atoms with Crippen LogP contribution in [0.3, 0.4) is 0 Å². The standard InChI is InChI=1S/C17H24O2.CH4/c1-17(2,3)15-11-9-14(10-12-15)7-6-8-16(19-5)13-18-4;/h9-12,16H,8,13H2,1-5H3;1H4. The van der Waals surface area contributed by atoms with Crippen molar-refractivity contribution < 1.29 is 9.47 Å². The lowest BCUT2D eigenvalue weighted by Gasteiger charge is -2.18. The average molecular weight is 276 g/mol. The predicted octanol–water partition coefficient (Wildman–Crippen LogP) is 4.02. The molecule has 20 heavy (non-hydrogen) atoms. The van der Waals surface area contributed by atoms with Crippen LogP contribution in [-0.4, -0.2) is 26.9 Å². The van der Waals surface area contributed by atoms with Crippen molar-refractivity contribution in [1.82, 2.24) is 0 Å². The molecule has 0 aliphatic heterocycles. The number of hydrogen-bond donors (Lipinski definition) is 0. The summed E-state index contributed by atoms with van der Waals surface area (Å²) in [5.41, 5.74) is 2.55. The Morgan fingerprint density at radius 3 is 2.15 bits per heavy atom. The average Bonchev–Trinajstić information content (AvgIpc) is 2.37. The van der Waals surface area contributed by atoms with Crippen LogP contribution in [0.4, 0.5) is 0 Å². The van der Waals surface area contributed by atoms with Crippen molar-refractivity contribution in [2.24, 2.45) is 0 Å². The van der Waals surface area contributed by atoms with Gasteiger partial charge in [-0.15, -0.1) is 0 Å². The third kappa shape index (κ3) is 6.23. The molecule has 0 aromatic heterocycles. The molecule has 0 N–H and O–H groups in total. The Balaban J connectivity index is 0.00000361. The van der Waals surface area contributed by atoms with Gasteiger partial charge in [-0.05, 0) is 23.1 Å². The molecule has 1 aromatic rings. The summed E-state index contributed by atoms with van der Waals surface area (Å²) >= 11 is 0. The first-order chi connectivity index (χ1) is 8.97.